The number of benzene rings is 1. The lowest BCUT2D eigenvalue weighted by Gasteiger charge is -2.32. The fourth-order valence-corrected chi connectivity index (χ4v) is 2.87. The van der Waals surface area contributed by atoms with Crippen LogP contribution in [0.2, 0.25) is 0 Å². The van der Waals surface area contributed by atoms with Crippen LogP contribution in [0.15, 0.2) is 28.7 Å². The third-order valence-electron chi connectivity index (χ3n) is 4.47. The van der Waals surface area contributed by atoms with Gasteiger partial charge in [0.25, 0.3) is 0 Å². The number of hydrogen-bond acceptors (Lipinski definition) is 0. The van der Waals surface area contributed by atoms with Crippen LogP contribution in [-0.2, 0) is 0 Å². The van der Waals surface area contributed by atoms with Crippen molar-refractivity contribution in [2.24, 2.45) is 5.41 Å². The molecule has 0 saturated carbocycles. The topological polar surface area (TPSA) is 0 Å². The van der Waals surface area contributed by atoms with Crippen molar-refractivity contribution in [3.8, 4) is 0 Å². The van der Waals surface area contributed by atoms with Gasteiger partial charge in [0.2, 0.25) is 0 Å². The van der Waals surface area contributed by atoms with Crippen LogP contribution in [0, 0.1) is 5.41 Å². The van der Waals surface area contributed by atoms with Crippen molar-refractivity contribution in [1.29, 1.82) is 0 Å². The number of rotatable bonds is 8. The Morgan fingerprint density at radius 1 is 1.00 bits per heavy atom. The van der Waals surface area contributed by atoms with Crippen LogP contribution in [0.1, 0.15) is 77.7 Å². The highest BCUT2D eigenvalue weighted by atomic mass is 79.9. The molecule has 0 spiro atoms. The summed E-state index contributed by atoms with van der Waals surface area (Å²) in [5, 5.41) is 0. The maximum absolute atomic E-state index is 3.51. The summed E-state index contributed by atoms with van der Waals surface area (Å²) in [5.74, 6) is 0.617. The monoisotopic (exact) mass is 324 g/mol. The first-order chi connectivity index (χ1) is 8.97. The lowest BCUT2D eigenvalue weighted by Crippen LogP contribution is -2.19. The minimum atomic E-state index is 0.389. The van der Waals surface area contributed by atoms with Crippen molar-refractivity contribution in [3.63, 3.8) is 0 Å². The maximum Gasteiger partial charge on any atom is 0.0175 e. The SMILES string of the molecule is CCCCCCCC(C)(C)C(C)c1ccc(Br)cc1. The quantitative estimate of drug-likeness (QED) is 0.454. The first-order valence-electron chi connectivity index (χ1n) is 7.73. The Labute approximate surface area is 128 Å². The first-order valence-corrected chi connectivity index (χ1v) is 8.52. The van der Waals surface area contributed by atoms with E-state index in [1.54, 1.807) is 0 Å². The van der Waals surface area contributed by atoms with E-state index in [0.29, 0.717) is 11.3 Å². The molecular formula is C18H29Br. The normalized spacial score (nSPS) is 13.5. The van der Waals surface area contributed by atoms with Gasteiger partial charge in [0.15, 0.2) is 0 Å². The number of unbranched alkanes of at least 4 members (excludes halogenated alkanes) is 4. The number of halogens is 1. The first kappa shape index (κ1) is 16.8. The summed E-state index contributed by atoms with van der Waals surface area (Å²) in [5.41, 5.74) is 1.85. The van der Waals surface area contributed by atoms with Gasteiger partial charge in [0.05, 0.1) is 0 Å². The molecule has 108 valence electrons. The lowest BCUT2D eigenvalue weighted by molar-refractivity contribution is 0.265. The molecule has 0 bridgehead atoms. The third kappa shape index (κ3) is 5.69. The van der Waals surface area contributed by atoms with Gasteiger partial charge in [-0.1, -0.05) is 87.9 Å². The Balaban J connectivity index is 2.48. The largest absolute Gasteiger partial charge is 0.0654 e. The van der Waals surface area contributed by atoms with E-state index in [9.17, 15) is 0 Å². The standard InChI is InChI=1S/C18H29Br/c1-5-6-7-8-9-14-18(3,4)15(2)16-10-12-17(19)13-11-16/h10-13,15H,5-9,14H2,1-4H3. The van der Waals surface area contributed by atoms with E-state index in [-0.39, 0.29) is 0 Å². The molecule has 1 aromatic rings. The molecule has 1 rings (SSSR count). The molecule has 0 aliphatic rings. The molecule has 0 amide bonds. The van der Waals surface area contributed by atoms with Crippen LogP contribution < -0.4 is 0 Å². The predicted molar refractivity (Wildman–Crippen MR) is 89.7 cm³/mol. The van der Waals surface area contributed by atoms with Crippen LogP contribution in [0.3, 0.4) is 0 Å². The molecule has 1 heteroatoms. The lowest BCUT2D eigenvalue weighted by atomic mass is 9.73. The van der Waals surface area contributed by atoms with E-state index in [2.05, 4.69) is 67.9 Å². The average Bonchev–Trinajstić information content (AvgIpc) is 2.38. The summed E-state index contributed by atoms with van der Waals surface area (Å²) < 4.78 is 1.17. The number of hydrogen-bond donors (Lipinski definition) is 0. The van der Waals surface area contributed by atoms with Gasteiger partial charge in [-0.2, -0.15) is 0 Å². The molecule has 0 fully saturated rings. The van der Waals surface area contributed by atoms with Crippen LogP contribution >= 0.6 is 15.9 Å². The highest BCUT2D eigenvalue weighted by Gasteiger charge is 2.26. The van der Waals surface area contributed by atoms with Crippen molar-refractivity contribution in [1.82, 2.24) is 0 Å². The van der Waals surface area contributed by atoms with Gasteiger partial charge >= 0.3 is 0 Å². The molecule has 0 N–H and O–H groups in total. The Morgan fingerprint density at radius 2 is 1.58 bits per heavy atom. The Kier molecular flexibility index (Phi) is 7.13. The summed E-state index contributed by atoms with van der Waals surface area (Å²) in [6.07, 6.45) is 8.22. The van der Waals surface area contributed by atoms with E-state index in [4.69, 9.17) is 0 Å². The zero-order chi connectivity index (χ0) is 14.3. The molecule has 1 unspecified atom stereocenters. The van der Waals surface area contributed by atoms with E-state index in [1.165, 1.54) is 48.6 Å². The zero-order valence-corrected chi connectivity index (χ0v) is 14.6. The van der Waals surface area contributed by atoms with Crippen molar-refractivity contribution in [2.45, 2.75) is 72.1 Å². The molecule has 1 aromatic carbocycles. The molecule has 1 atom stereocenters. The maximum atomic E-state index is 3.51. The second kappa shape index (κ2) is 8.09. The average molecular weight is 325 g/mol. The van der Waals surface area contributed by atoms with Gasteiger partial charge in [0.1, 0.15) is 0 Å². The van der Waals surface area contributed by atoms with Gasteiger partial charge in [-0.3, -0.25) is 0 Å². The van der Waals surface area contributed by atoms with Crippen molar-refractivity contribution < 1.29 is 0 Å². The van der Waals surface area contributed by atoms with E-state index >= 15 is 0 Å². The van der Waals surface area contributed by atoms with E-state index in [1.807, 2.05) is 0 Å². The Hall–Kier alpha value is -0.300. The molecule has 0 aromatic heterocycles. The van der Waals surface area contributed by atoms with E-state index in [0.717, 1.165) is 0 Å². The van der Waals surface area contributed by atoms with E-state index < -0.39 is 0 Å². The molecule has 0 aliphatic carbocycles. The van der Waals surface area contributed by atoms with Gasteiger partial charge in [-0.05, 0) is 35.4 Å². The highest BCUT2D eigenvalue weighted by Crippen LogP contribution is 2.39. The molecule has 0 aliphatic heterocycles. The zero-order valence-electron chi connectivity index (χ0n) is 13.0. The second-order valence-electron chi connectivity index (χ2n) is 6.43. The Bertz CT molecular complexity index is 350. The molecule has 19 heavy (non-hydrogen) atoms. The van der Waals surface area contributed by atoms with Crippen LogP contribution in [0.5, 0.6) is 0 Å². The van der Waals surface area contributed by atoms with Gasteiger partial charge in [-0.15, -0.1) is 0 Å². The van der Waals surface area contributed by atoms with Crippen LogP contribution in [0.4, 0.5) is 0 Å². The Morgan fingerprint density at radius 3 is 2.16 bits per heavy atom. The van der Waals surface area contributed by atoms with Crippen LogP contribution in [0.25, 0.3) is 0 Å². The summed E-state index contributed by atoms with van der Waals surface area (Å²) in [6, 6.07) is 8.83. The summed E-state index contributed by atoms with van der Waals surface area (Å²) in [6.45, 7) is 9.48. The van der Waals surface area contributed by atoms with Gasteiger partial charge in [-0.25, -0.2) is 0 Å². The molecular weight excluding hydrogens is 296 g/mol. The molecule has 0 saturated heterocycles. The molecule has 0 radical (unpaired) electrons. The molecule has 0 heterocycles. The summed E-state index contributed by atoms with van der Waals surface area (Å²) >= 11 is 3.51. The smallest absolute Gasteiger partial charge is 0.0175 e. The highest BCUT2D eigenvalue weighted by molar-refractivity contribution is 9.10. The van der Waals surface area contributed by atoms with Crippen molar-refractivity contribution >= 4 is 15.9 Å². The van der Waals surface area contributed by atoms with Gasteiger partial charge in [0, 0.05) is 4.47 Å². The predicted octanol–water partition coefficient (Wildman–Crippen LogP) is 6.94. The van der Waals surface area contributed by atoms with Crippen molar-refractivity contribution in [3.05, 3.63) is 34.3 Å². The fraction of sp³-hybridized carbons (Fsp3) is 0.667. The minimum absolute atomic E-state index is 0.389. The second-order valence-corrected chi connectivity index (χ2v) is 7.34. The summed E-state index contributed by atoms with van der Waals surface area (Å²) in [7, 11) is 0. The molecule has 0 nitrogen and oxygen atoms in total. The minimum Gasteiger partial charge on any atom is -0.0654 e. The van der Waals surface area contributed by atoms with Gasteiger partial charge < -0.3 is 0 Å². The summed E-state index contributed by atoms with van der Waals surface area (Å²) in [4.78, 5) is 0. The van der Waals surface area contributed by atoms with Crippen LogP contribution in [-0.4, -0.2) is 0 Å². The third-order valence-corrected chi connectivity index (χ3v) is 5.00. The van der Waals surface area contributed by atoms with Crippen molar-refractivity contribution in [2.75, 3.05) is 0 Å². The fourth-order valence-electron chi connectivity index (χ4n) is 2.60.